The van der Waals surface area contributed by atoms with E-state index in [1.54, 1.807) is 23.0 Å². The highest BCUT2D eigenvalue weighted by Gasteiger charge is 2.08. The Hall–Kier alpha value is -0.720. The Balaban J connectivity index is 2.88. The summed E-state index contributed by atoms with van der Waals surface area (Å²) >= 11 is 1.60. The molecule has 1 aromatic rings. The van der Waals surface area contributed by atoms with E-state index >= 15 is 0 Å². The van der Waals surface area contributed by atoms with Gasteiger partial charge in [-0.25, -0.2) is 4.79 Å². The quantitative estimate of drug-likeness (QED) is 0.816. The number of rotatable bonds is 2. The van der Waals surface area contributed by atoms with Gasteiger partial charge in [-0.1, -0.05) is 0 Å². The van der Waals surface area contributed by atoms with Crippen LogP contribution < -0.4 is 3.07 Å². The van der Waals surface area contributed by atoms with Crippen molar-refractivity contribution in [2.75, 3.05) is 0 Å². The van der Waals surface area contributed by atoms with E-state index in [0.717, 1.165) is 0 Å². The van der Waals surface area contributed by atoms with Crippen LogP contribution >= 0.6 is 23.0 Å². The van der Waals surface area contributed by atoms with E-state index in [1.165, 1.54) is 12.1 Å². The smallest absolute Gasteiger partial charge is 0.371 e. The second-order valence-corrected chi connectivity index (χ2v) is 1.94. The molecule has 0 atom stereocenters. The first-order valence-electron chi connectivity index (χ1n) is 2.36. The summed E-state index contributed by atoms with van der Waals surface area (Å²) < 4.78 is 9.25. The van der Waals surface area contributed by atoms with Gasteiger partial charge in [0.2, 0.25) is 5.76 Å². The Bertz CT molecular complexity index is 242. The Labute approximate surface area is 70.5 Å². The number of halogens is 1. The van der Waals surface area contributed by atoms with Crippen molar-refractivity contribution in [2.45, 2.75) is 0 Å². The molecule has 4 nitrogen and oxygen atoms in total. The average molecular weight is 254 g/mol. The minimum atomic E-state index is -1.10. The molecule has 0 bridgehead atoms. The fourth-order valence-corrected chi connectivity index (χ4v) is 0.713. The maximum Gasteiger partial charge on any atom is 0.371 e. The third-order valence-electron chi connectivity index (χ3n) is 0.868. The molecule has 0 amide bonds. The van der Waals surface area contributed by atoms with Gasteiger partial charge < -0.3 is 12.6 Å². The number of hydrogen-bond acceptors (Lipinski definition) is 3. The predicted octanol–water partition coefficient (Wildman–Crippen LogP) is 1.71. The van der Waals surface area contributed by atoms with Gasteiger partial charge in [-0.05, 0) is 6.07 Å². The first-order chi connectivity index (χ1) is 4.74. The molecule has 1 rings (SSSR count). The Kier molecular flexibility index (Phi) is 2.15. The summed E-state index contributed by atoms with van der Waals surface area (Å²) in [7, 11) is 0. The largest absolute Gasteiger partial charge is 0.475 e. The highest BCUT2D eigenvalue weighted by atomic mass is 127. The zero-order valence-electron chi connectivity index (χ0n) is 4.70. The normalized spacial score (nSPS) is 9.30. The van der Waals surface area contributed by atoms with Gasteiger partial charge in [0.1, 0.15) is 0 Å². The van der Waals surface area contributed by atoms with E-state index in [1.807, 2.05) is 0 Å². The van der Waals surface area contributed by atoms with Crippen molar-refractivity contribution in [3.8, 4) is 5.95 Å². The highest BCUT2D eigenvalue weighted by molar-refractivity contribution is 14.1. The van der Waals surface area contributed by atoms with E-state index in [4.69, 9.17) is 5.11 Å². The molecule has 0 saturated heterocycles. The van der Waals surface area contributed by atoms with E-state index in [0.29, 0.717) is 0 Å². The lowest BCUT2D eigenvalue weighted by molar-refractivity contribution is 0.0659. The Morgan fingerprint density at radius 2 is 2.40 bits per heavy atom. The number of aromatic carboxylic acids is 1. The number of carboxylic acid groups (broad SMARTS) is 1. The van der Waals surface area contributed by atoms with Gasteiger partial charge in [0.15, 0.2) is 23.0 Å². The average Bonchev–Trinajstić information content (AvgIpc) is 2.34. The van der Waals surface area contributed by atoms with Crippen LogP contribution in [0, 0.1) is 0 Å². The monoisotopic (exact) mass is 254 g/mol. The second kappa shape index (κ2) is 2.91. The van der Waals surface area contributed by atoms with E-state index in [-0.39, 0.29) is 11.7 Å². The lowest BCUT2D eigenvalue weighted by Crippen LogP contribution is -1.91. The Morgan fingerprint density at radius 3 is 2.70 bits per heavy atom. The molecule has 0 aliphatic rings. The second-order valence-electron chi connectivity index (χ2n) is 1.50. The van der Waals surface area contributed by atoms with Crippen LogP contribution in [0.4, 0.5) is 0 Å². The number of furan rings is 1. The minimum absolute atomic E-state index is 0.119. The van der Waals surface area contributed by atoms with E-state index in [2.05, 4.69) is 7.48 Å². The van der Waals surface area contributed by atoms with Crippen LogP contribution in [0.5, 0.6) is 5.95 Å². The number of carboxylic acids is 1. The topological polar surface area (TPSA) is 59.7 Å². The van der Waals surface area contributed by atoms with E-state index < -0.39 is 5.97 Å². The molecule has 1 heterocycles. The summed E-state index contributed by atoms with van der Waals surface area (Å²) in [5.41, 5.74) is 0. The molecule has 0 aliphatic heterocycles. The molecule has 0 saturated carbocycles. The van der Waals surface area contributed by atoms with Crippen molar-refractivity contribution >= 4 is 29.0 Å². The van der Waals surface area contributed by atoms with Gasteiger partial charge >= 0.3 is 5.97 Å². The van der Waals surface area contributed by atoms with Crippen molar-refractivity contribution in [1.82, 2.24) is 0 Å². The maximum absolute atomic E-state index is 10.2. The van der Waals surface area contributed by atoms with Crippen LogP contribution in [0.15, 0.2) is 16.5 Å². The Morgan fingerprint density at radius 1 is 1.70 bits per heavy atom. The van der Waals surface area contributed by atoms with Crippen molar-refractivity contribution in [3.05, 3.63) is 17.9 Å². The summed E-state index contributed by atoms with van der Waals surface area (Å²) in [6.07, 6.45) is 0. The zero-order valence-corrected chi connectivity index (χ0v) is 6.86. The van der Waals surface area contributed by atoms with Gasteiger partial charge in [0.25, 0.3) is 5.95 Å². The van der Waals surface area contributed by atoms with Crippen LogP contribution in [-0.4, -0.2) is 11.1 Å². The number of carbonyl (C=O) groups is 1. The van der Waals surface area contributed by atoms with Crippen LogP contribution in [-0.2, 0) is 0 Å². The lowest BCUT2D eigenvalue weighted by Gasteiger charge is -1.86. The molecular formula is C5H3IO4. The lowest BCUT2D eigenvalue weighted by atomic mass is 10.5. The van der Waals surface area contributed by atoms with E-state index in [9.17, 15) is 4.79 Å². The third kappa shape index (κ3) is 1.41. The molecule has 0 aromatic carbocycles. The molecule has 5 heteroatoms. The molecule has 10 heavy (non-hydrogen) atoms. The van der Waals surface area contributed by atoms with Gasteiger partial charge in [-0.2, -0.15) is 0 Å². The van der Waals surface area contributed by atoms with Crippen molar-refractivity contribution in [2.24, 2.45) is 0 Å². The van der Waals surface area contributed by atoms with Crippen molar-refractivity contribution in [1.29, 1.82) is 0 Å². The fourth-order valence-electron chi connectivity index (χ4n) is 0.477. The number of hydrogen-bond donors (Lipinski definition) is 1. The molecule has 0 radical (unpaired) electrons. The van der Waals surface area contributed by atoms with Crippen LogP contribution in [0.2, 0.25) is 0 Å². The van der Waals surface area contributed by atoms with Gasteiger partial charge in [0.05, 0.1) is 0 Å². The van der Waals surface area contributed by atoms with Gasteiger partial charge in [0, 0.05) is 6.07 Å². The standard InChI is InChI=1S/C5H3IO4/c6-10-4-2-1-3(9-4)5(7)8/h1-2H,(H,7,8). The predicted molar refractivity (Wildman–Crippen MR) is 40.3 cm³/mol. The molecule has 1 aromatic heterocycles. The molecular weight excluding hydrogens is 251 g/mol. The van der Waals surface area contributed by atoms with Crippen LogP contribution in [0.3, 0.4) is 0 Å². The summed E-state index contributed by atoms with van der Waals surface area (Å²) in [5.74, 6) is -1.02. The molecule has 54 valence electrons. The van der Waals surface area contributed by atoms with Gasteiger partial charge in [-0.3, -0.25) is 0 Å². The molecule has 0 spiro atoms. The summed E-state index contributed by atoms with van der Waals surface area (Å²) in [6.45, 7) is 0. The molecule has 0 aliphatic carbocycles. The summed E-state index contributed by atoms with van der Waals surface area (Å²) in [4.78, 5) is 10.2. The molecule has 0 fully saturated rings. The summed E-state index contributed by atoms with van der Waals surface area (Å²) in [6, 6.07) is 2.77. The fraction of sp³-hybridized carbons (Fsp3) is 0. The first kappa shape index (κ1) is 7.39. The highest BCUT2D eigenvalue weighted by Crippen LogP contribution is 2.17. The summed E-state index contributed by atoms with van der Waals surface area (Å²) in [5, 5.41) is 8.34. The molecule has 1 N–H and O–H groups in total. The third-order valence-corrected chi connectivity index (χ3v) is 1.30. The van der Waals surface area contributed by atoms with Crippen LogP contribution in [0.1, 0.15) is 10.6 Å². The first-order valence-corrected chi connectivity index (χ1v) is 3.24. The molecule has 0 unspecified atom stereocenters. The van der Waals surface area contributed by atoms with Gasteiger partial charge in [-0.15, -0.1) is 0 Å². The van der Waals surface area contributed by atoms with Crippen molar-refractivity contribution in [3.63, 3.8) is 0 Å². The minimum Gasteiger partial charge on any atom is -0.475 e. The van der Waals surface area contributed by atoms with Crippen LogP contribution in [0.25, 0.3) is 0 Å². The van der Waals surface area contributed by atoms with Crippen molar-refractivity contribution < 1.29 is 17.4 Å². The SMILES string of the molecule is O=C(O)c1ccc(OI)o1. The maximum atomic E-state index is 10.2. The zero-order chi connectivity index (χ0) is 7.56.